The van der Waals surface area contributed by atoms with E-state index in [4.69, 9.17) is 4.74 Å². The summed E-state index contributed by atoms with van der Waals surface area (Å²) < 4.78 is 63.0. The first-order chi connectivity index (χ1) is 14.9. The highest BCUT2D eigenvalue weighted by molar-refractivity contribution is 5.34. The highest BCUT2D eigenvalue weighted by atomic mass is 19.2. The van der Waals surface area contributed by atoms with Crippen LogP contribution >= 0.6 is 0 Å². The average molecular weight is 437 g/mol. The van der Waals surface area contributed by atoms with Gasteiger partial charge in [0.15, 0.2) is 23.2 Å². The zero-order valence-corrected chi connectivity index (χ0v) is 18.5. The zero-order chi connectivity index (χ0) is 22.4. The van der Waals surface area contributed by atoms with Crippen LogP contribution in [0.1, 0.15) is 93.2 Å². The van der Waals surface area contributed by atoms with Crippen molar-refractivity contribution in [2.24, 2.45) is 0 Å². The number of rotatable bonds is 9. The molecular formula is C26H32F4O. The Morgan fingerprint density at radius 3 is 1.87 bits per heavy atom. The Morgan fingerprint density at radius 1 is 0.710 bits per heavy atom. The van der Waals surface area contributed by atoms with Gasteiger partial charge >= 0.3 is 0 Å². The van der Waals surface area contributed by atoms with Gasteiger partial charge < -0.3 is 4.74 Å². The fourth-order valence-corrected chi connectivity index (χ4v) is 4.55. The Morgan fingerprint density at radius 2 is 1.26 bits per heavy atom. The molecule has 31 heavy (non-hydrogen) atoms. The molecule has 2 aromatic carbocycles. The van der Waals surface area contributed by atoms with E-state index in [0.29, 0.717) is 43.4 Å². The van der Waals surface area contributed by atoms with Crippen LogP contribution in [0, 0.1) is 30.2 Å². The summed E-state index contributed by atoms with van der Waals surface area (Å²) >= 11 is 0. The maximum Gasteiger partial charge on any atom is 0.200 e. The van der Waals surface area contributed by atoms with Gasteiger partial charge in [-0.1, -0.05) is 50.8 Å². The first-order valence-corrected chi connectivity index (χ1v) is 11.5. The van der Waals surface area contributed by atoms with E-state index >= 15 is 0 Å². The summed E-state index contributed by atoms with van der Waals surface area (Å²) in [7, 11) is 0. The number of hydrogen-bond acceptors (Lipinski definition) is 1. The molecule has 1 saturated carbocycles. The minimum Gasteiger partial charge on any atom is -0.490 e. The normalized spacial score (nSPS) is 18.9. The quantitative estimate of drug-likeness (QED) is 0.283. The molecule has 0 saturated heterocycles. The lowest BCUT2D eigenvalue weighted by Gasteiger charge is -2.30. The topological polar surface area (TPSA) is 9.23 Å². The molecule has 3 rings (SSSR count). The van der Waals surface area contributed by atoms with Crippen LogP contribution in [-0.4, -0.2) is 6.61 Å². The molecule has 170 valence electrons. The van der Waals surface area contributed by atoms with Gasteiger partial charge in [0.05, 0.1) is 6.61 Å². The van der Waals surface area contributed by atoms with Crippen LogP contribution in [0.4, 0.5) is 17.6 Å². The third-order valence-electron chi connectivity index (χ3n) is 6.49. The van der Waals surface area contributed by atoms with Crippen LogP contribution in [0.3, 0.4) is 0 Å². The number of halogens is 4. The molecule has 1 aliphatic carbocycles. The molecule has 0 spiro atoms. The molecule has 0 amide bonds. The third-order valence-corrected chi connectivity index (χ3v) is 6.49. The van der Waals surface area contributed by atoms with E-state index in [1.165, 1.54) is 19.4 Å². The molecule has 0 aliphatic heterocycles. The summed E-state index contributed by atoms with van der Waals surface area (Å²) in [5, 5.41) is 0. The first kappa shape index (κ1) is 23.6. The maximum absolute atomic E-state index is 14.7. The zero-order valence-electron chi connectivity index (χ0n) is 18.5. The Labute approximate surface area is 182 Å². The van der Waals surface area contributed by atoms with Gasteiger partial charge in [0.2, 0.25) is 5.82 Å². The molecule has 0 heterocycles. The lowest BCUT2D eigenvalue weighted by atomic mass is 9.75. The maximum atomic E-state index is 14.7. The molecule has 0 unspecified atom stereocenters. The Kier molecular flexibility index (Phi) is 8.39. The van der Waals surface area contributed by atoms with Crippen molar-refractivity contribution in [3.8, 4) is 5.75 Å². The summed E-state index contributed by atoms with van der Waals surface area (Å²) in [6.45, 7) is 4.06. The van der Waals surface area contributed by atoms with Crippen molar-refractivity contribution in [1.29, 1.82) is 0 Å². The lowest BCUT2D eigenvalue weighted by molar-refractivity contribution is 0.283. The van der Waals surface area contributed by atoms with Gasteiger partial charge in [-0.15, -0.1) is 0 Å². The SMILES string of the molecule is CCCCCCCOc1ccc(C2CCC(c3ccc(C)c(F)c3F)CC2)c(F)c1F. The second-order valence-corrected chi connectivity index (χ2v) is 8.69. The number of aryl methyl sites for hydroxylation is 1. The van der Waals surface area contributed by atoms with Crippen LogP contribution in [0.2, 0.25) is 0 Å². The van der Waals surface area contributed by atoms with E-state index in [-0.39, 0.29) is 23.1 Å². The van der Waals surface area contributed by atoms with Crippen molar-refractivity contribution in [2.45, 2.75) is 83.5 Å². The minimum atomic E-state index is -0.931. The highest BCUT2D eigenvalue weighted by Gasteiger charge is 2.29. The van der Waals surface area contributed by atoms with Crippen molar-refractivity contribution in [3.63, 3.8) is 0 Å². The Hall–Kier alpha value is -2.04. The van der Waals surface area contributed by atoms with E-state index in [0.717, 1.165) is 25.7 Å². The van der Waals surface area contributed by atoms with E-state index in [1.54, 1.807) is 18.2 Å². The van der Waals surface area contributed by atoms with Gasteiger partial charge in [-0.3, -0.25) is 0 Å². The summed E-state index contributed by atoms with van der Waals surface area (Å²) in [4.78, 5) is 0. The molecule has 0 N–H and O–H groups in total. The van der Waals surface area contributed by atoms with Crippen molar-refractivity contribution >= 4 is 0 Å². The predicted octanol–water partition coefficient (Wildman–Crippen LogP) is 8.34. The molecule has 1 aliphatic rings. The van der Waals surface area contributed by atoms with Crippen LogP contribution in [0.5, 0.6) is 5.75 Å². The number of hydrogen-bond donors (Lipinski definition) is 0. The van der Waals surface area contributed by atoms with Crippen molar-refractivity contribution in [2.75, 3.05) is 6.61 Å². The van der Waals surface area contributed by atoms with Crippen LogP contribution < -0.4 is 4.74 Å². The van der Waals surface area contributed by atoms with Crippen LogP contribution in [0.25, 0.3) is 0 Å². The van der Waals surface area contributed by atoms with Crippen molar-refractivity contribution in [3.05, 3.63) is 64.2 Å². The summed E-state index contributed by atoms with van der Waals surface area (Å²) in [5.74, 6) is -3.63. The molecular weight excluding hydrogens is 404 g/mol. The van der Waals surface area contributed by atoms with Gasteiger partial charge in [-0.05, 0) is 73.6 Å². The fraction of sp³-hybridized carbons (Fsp3) is 0.538. The van der Waals surface area contributed by atoms with Crippen LogP contribution in [0.15, 0.2) is 24.3 Å². The number of ether oxygens (including phenoxy) is 1. The standard InChI is InChI=1S/C26H32F4O/c1-3-4-5-6-7-16-31-22-15-14-21(25(29)26(22)30)19-11-9-18(10-12-19)20-13-8-17(2)23(27)24(20)28/h8,13-15,18-19H,3-7,9-12,16H2,1-2H3. The average Bonchev–Trinajstić information content (AvgIpc) is 2.78. The number of benzene rings is 2. The van der Waals surface area contributed by atoms with Gasteiger partial charge in [0, 0.05) is 0 Å². The highest BCUT2D eigenvalue weighted by Crippen LogP contribution is 2.43. The van der Waals surface area contributed by atoms with Crippen molar-refractivity contribution < 1.29 is 22.3 Å². The fourth-order valence-electron chi connectivity index (χ4n) is 4.55. The largest absolute Gasteiger partial charge is 0.490 e. The molecule has 1 nitrogen and oxygen atoms in total. The molecule has 0 radical (unpaired) electrons. The van der Waals surface area contributed by atoms with E-state index in [2.05, 4.69) is 6.92 Å². The summed E-state index contributed by atoms with van der Waals surface area (Å²) in [6, 6.07) is 6.37. The second kappa shape index (κ2) is 11.0. The van der Waals surface area contributed by atoms with Gasteiger partial charge in [0.25, 0.3) is 0 Å². The van der Waals surface area contributed by atoms with E-state index < -0.39 is 23.3 Å². The summed E-state index contributed by atoms with van der Waals surface area (Å²) in [6.07, 6.45) is 7.72. The van der Waals surface area contributed by atoms with Crippen LogP contribution in [-0.2, 0) is 0 Å². The minimum absolute atomic E-state index is 0.0392. The van der Waals surface area contributed by atoms with Crippen molar-refractivity contribution in [1.82, 2.24) is 0 Å². The van der Waals surface area contributed by atoms with Gasteiger partial charge in [-0.25, -0.2) is 13.2 Å². The first-order valence-electron chi connectivity index (χ1n) is 11.5. The summed E-state index contributed by atoms with van der Waals surface area (Å²) in [5.41, 5.74) is 1.02. The lowest BCUT2D eigenvalue weighted by Crippen LogP contribution is -2.15. The number of unbranched alkanes of at least 4 members (excludes halogenated alkanes) is 4. The van der Waals surface area contributed by atoms with E-state index in [1.807, 2.05) is 0 Å². The molecule has 0 aromatic heterocycles. The second-order valence-electron chi connectivity index (χ2n) is 8.69. The molecule has 1 fully saturated rings. The van der Waals surface area contributed by atoms with Gasteiger partial charge in [-0.2, -0.15) is 4.39 Å². The Bertz CT molecular complexity index is 872. The predicted molar refractivity (Wildman–Crippen MR) is 116 cm³/mol. The molecule has 0 atom stereocenters. The molecule has 2 aromatic rings. The smallest absolute Gasteiger partial charge is 0.200 e. The third kappa shape index (κ3) is 5.61. The van der Waals surface area contributed by atoms with E-state index in [9.17, 15) is 17.6 Å². The molecule has 5 heteroatoms. The Balaban J connectivity index is 1.59. The monoisotopic (exact) mass is 436 g/mol. The molecule has 0 bridgehead atoms. The van der Waals surface area contributed by atoms with Gasteiger partial charge in [0.1, 0.15) is 0 Å².